The van der Waals surface area contributed by atoms with Gasteiger partial charge in [-0.05, 0) is 73.8 Å². The first-order valence-electron chi connectivity index (χ1n) is 16.1. The average Bonchev–Trinajstić information content (AvgIpc) is 3.40. The predicted octanol–water partition coefficient (Wildman–Crippen LogP) is 3.53. The Morgan fingerprint density at radius 3 is 2.36 bits per heavy atom. The molecule has 12 heteroatoms. The third-order valence-corrected chi connectivity index (χ3v) is 11.0. The minimum absolute atomic E-state index is 0.0834. The number of carbonyl (C=O) groups is 1. The van der Waals surface area contributed by atoms with Gasteiger partial charge in [-0.2, -0.15) is 9.23 Å². The van der Waals surface area contributed by atoms with E-state index in [4.69, 9.17) is 4.74 Å². The van der Waals surface area contributed by atoms with E-state index in [0.29, 0.717) is 24.4 Å². The lowest BCUT2D eigenvalue weighted by molar-refractivity contribution is -0.136. The van der Waals surface area contributed by atoms with Crippen molar-refractivity contribution in [1.82, 2.24) is 23.2 Å². The van der Waals surface area contributed by atoms with Crippen molar-refractivity contribution in [3.05, 3.63) is 94.4 Å². The normalized spacial score (nSPS) is 18.6. The maximum Gasteiger partial charge on any atom is 0.344 e. The van der Waals surface area contributed by atoms with Crippen molar-refractivity contribution in [2.75, 3.05) is 52.9 Å². The molecule has 1 aromatic heterocycles. The zero-order valence-electron chi connectivity index (χ0n) is 26.8. The van der Waals surface area contributed by atoms with Crippen LogP contribution in [0.25, 0.3) is 11.0 Å². The van der Waals surface area contributed by atoms with Crippen LogP contribution in [-0.2, 0) is 14.8 Å². The number of nitriles is 1. The van der Waals surface area contributed by atoms with Gasteiger partial charge in [-0.1, -0.05) is 37.3 Å². The molecule has 0 saturated carbocycles. The van der Waals surface area contributed by atoms with E-state index in [2.05, 4.69) is 22.8 Å². The van der Waals surface area contributed by atoms with Gasteiger partial charge in [0.15, 0.2) is 0 Å². The van der Waals surface area contributed by atoms with Crippen molar-refractivity contribution in [2.24, 2.45) is 0 Å². The van der Waals surface area contributed by atoms with Crippen molar-refractivity contribution >= 4 is 27.0 Å². The molecule has 11 nitrogen and oxygen atoms in total. The summed E-state index contributed by atoms with van der Waals surface area (Å²) < 4.78 is 35.4. The lowest BCUT2D eigenvalue weighted by atomic mass is 9.99. The van der Waals surface area contributed by atoms with E-state index in [1.54, 1.807) is 24.3 Å². The van der Waals surface area contributed by atoms with Crippen LogP contribution < -0.4 is 10.4 Å². The minimum Gasteiger partial charge on any atom is -0.497 e. The number of amides is 1. The standard InChI is InChI=1S/C35H40N6O5S/c1-3-17-37-19-21-38(22-20-37)28-10-7-18-39(25-28)34(42)33(27-8-5-4-6-9-27)40-32-23-26(24-36)11-16-31(32)41(35(40)43)47(44,45)30-14-12-29(46-2)13-15-30/h4-6,8-9,11-16,23,28,33H,3,7,10,17-22,25H2,1-2H3/t28-,33?/m0/s1. The van der Waals surface area contributed by atoms with Gasteiger partial charge >= 0.3 is 5.69 Å². The Morgan fingerprint density at radius 2 is 1.70 bits per heavy atom. The molecule has 2 aliphatic heterocycles. The van der Waals surface area contributed by atoms with Crippen molar-refractivity contribution in [3.8, 4) is 11.8 Å². The molecule has 246 valence electrons. The third-order valence-electron chi connectivity index (χ3n) is 9.34. The number of hydrogen-bond acceptors (Lipinski definition) is 8. The summed E-state index contributed by atoms with van der Waals surface area (Å²) in [5, 5.41) is 9.76. The summed E-state index contributed by atoms with van der Waals surface area (Å²) in [4.78, 5) is 35.9. The number of methoxy groups -OCH3 is 1. The van der Waals surface area contributed by atoms with Crippen molar-refractivity contribution in [1.29, 1.82) is 5.26 Å². The summed E-state index contributed by atoms with van der Waals surface area (Å²) >= 11 is 0. The number of piperazine rings is 1. The minimum atomic E-state index is -4.41. The first kappa shape index (κ1) is 32.5. The van der Waals surface area contributed by atoms with Gasteiger partial charge in [0, 0.05) is 45.3 Å². The fourth-order valence-corrected chi connectivity index (χ4v) is 8.33. The van der Waals surface area contributed by atoms with E-state index < -0.39 is 21.8 Å². The third kappa shape index (κ3) is 6.31. The molecule has 2 saturated heterocycles. The summed E-state index contributed by atoms with van der Waals surface area (Å²) in [5.41, 5.74) is 0.186. The number of benzene rings is 3. The van der Waals surface area contributed by atoms with Gasteiger partial charge in [-0.3, -0.25) is 14.3 Å². The second kappa shape index (κ2) is 13.7. The molecular formula is C35H40N6O5S. The van der Waals surface area contributed by atoms with Crippen LogP contribution in [0.4, 0.5) is 0 Å². The molecule has 3 heterocycles. The van der Waals surface area contributed by atoms with E-state index >= 15 is 0 Å². The quantitative estimate of drug-likeness (QED) is 0.269. The van der Waals surface area contributed by atoms with Crippen molar-refractivity contribution in [3.63, 3.8) is 0 Å². The van der Waals surface area contributed by atoms with Gasteiger partial charge in [0.1, 0.15) is 11.8 Å². The Balaban J connectivity index is 1.44. The maximum absolute atomic E-state index is 14.7. The van der Waals surface area contributed by atoms with E-state index in [1.807, 2.05) is 11.0 Å². The van der Waals surface area contributed by atoms with Crippen LogP contribution in [0.2, 0.25) is 0 Å². The second-order valence-corrected chi connectivity index (χ2v) is 14.0. The lowest BCUT2D eigenvalue weighted by Crippen LogP contribution is -2.56. The SMILES string of the molecule is CCCN1CCN([C@H]2CCCN(C(=O)C(c3ccccc3)n3c(=O)n(S(=O)(=O)c4ccc(OC)cc4)c4ccc(C#N)cc43)C2)CC1. The monoisotopic (exact) mass is 656 g/mol. The molecule has 47 heavy (non-hydrogen) atoms. The summed E-state index contributed by atoms with van der Waals surface area (Å²) in [6.45, 7) is 8.24. The average molecular weight is 657 g/mol. The highest BCUT2D eigenvalue weighted by atomic mass is 32.2. The fraction of sp³-hybridized carbons (Fsp3) is 0.400. The van der Waals surface area contributed by atoms with Crippen LogP contribution in [0, 0.1) is 11.3 Å². The van der Waals surface area contributed by atoms with Gasteiger partial charge in [0.05, 0.1) is 34.7 Å². The Labute approximate surface area is 275 Å². The highest BCUT2D eigenvalue weighted by molar-refractivity contribution is 7.90. The molecule has 2 aliphatic rings. The number of carbonyl (C=O) groups excluding carboxylic acids is 1. The van der Waals surface area contributed by atoms with E-state index in [1.165, 1.54) is 54.1 Å². The van der Waals surface area contributed by atoms with E-state index in [9.17, 15) is 23.3 Å². The van der Waals surface area contributed by atoms with Gasteiger partial charge in [-0.15, -0.1) is 0 Å². The van der Waals surface area contributed by atoms with Crippen LogP contribution in [-0.4, -0.2) is 96.5 Å². The van der Waals surface area contributed by atoms with Crippen LogP contribution in [0.15, 0.2) is 82.5 Å². The largest absolute Gasteiger partial charge is 0.497 e. The molecule has 6 rings (SSSR count). The zero-order valence-corrected chi connectivity index (χ0v) is 27.6. The highest BCUT2D eigenvalue weighted by Gasteiger charge is 2.37. The summed E-state index contributed by atoms with van der Waals surface area (Å²) in [7, 11) is -2.93. The molecule has 0 spiro atoms. The number of piperidine rings is 1. The molecule has 0 radical (unpaired) electrons. The van der Waals surface area contributed by atoms with E-state index in [-0.39, 0.29) is 33.4 Å². The van der Waals surface area contributed by atoms with Crippen LogP contribution in [0.3, 0.4) is 0 Å². The van der Waals surface area contributed by atoms with Crippen LogP contribution in [0.1, 0.15) is 43.4 Å². The Morgan fingerprint density at radius 1 is 0.979 bits per heavy atom. The van der Waals surface area contributed by atoms with Gasteiger partial charge in [0.25, 0.3) is 15.9 Å². The number of hydrogen-bond donors (Lipinski definition) is 0. The number of likely N-dealkylation sites (tertiary alicyclic amines) is 1. The topological polar surface area (TPSA) is 121 Å². The van der Waals surface area contributed by atoms with Crippen molar-refractivity contribution in [2.45, 2.75) is 43.2 Å². The molecular weight excluding hydrogens is 616 g/mol. The molecule has 1 amide bonds. The number of rotatable bonds is 9. The molecule has 0 bridgehead atoms. The van der Waals surface area contributed by atoms with Gasteiger partial charge < -0.3 is 14.5 Å². The highest BCUT2D eigenvalue weighted by Crippen LogP contribution is 2.30. The summed E-state index contributed by atoms with van der Waals surface area (Å²) in [6, 6.07) is 20.3. The summed E-state index contributed by atoms with van der Waals surface area (Å²) in [6.07, 6.45) is 2.94. The number of aromatic nitrogens is 2. The van der Waals surface area contributed by atoms with Crippen LogP contribution in [0.5, 0.6) is 5.75 Å². The van der Waals surface area contributed by atoms with Gasteiger partial charge in [-0.25, -0.2) is 13.2 Å². The number of fused-ring (bicyclic) bond motifs is 1. The fourth-order valence-electron chi connectivity index (χ4n) is 6.93. The molecule has 2 atom stereocenters. The van der Waals surface area contributed by atoms with Crippen molar-refractivity contribution < 1.29 is 17.9 Å². The number of ether oxygens (including phenoxy) is 1. The molecule has 0 aliphatic carbocycles. The lowest BCUT2D eigenvalue weighted by Gasteiger charge is -2.44. The smallest absolute Gasteiger partial charge is 0.344 e. The molecule has 4 aromatic rings. The zero-order chi connectivity index (χ0) is 33.1. The molecule has 0 N–H and O–H groups in total. The molecule has 3 aromatic carbocycles. The maximum atomic E-state index is 14.7. The van der Waals surface area contributed by atoms with Gasteiger partial charge in [0.2, 0.25) is 0 Å². The first-order chi connectivity index (χ1) is 22.8. The second-order valence-electron chi connectivity index (χ2n) is 12.2. The Hall–Kier alpha value is -4.44. The Bertz CT molecular complexity index is 1940. The van der Waals surface area contributed by atoms with Crippen LogP contribution >= 0.6 is 0 Å². The number of imidazole rings is 1. The van der Waals surface area contributed by atoms with E-state index in [0.717, 1.165) is 56.0 Å². The summed E-state index contributed by atoms with van der Waals surface area (Å²) in [5.74, 6) is 0.186. The predicted molar refractivity (Wildman–Crippen MR) is 179 cm³/mol. The number of nitrogens with zero attached hydrogens (tertiary/aromatic N) is 6. The Kier molecular flexibility index (Phi) is 9.50. The molecule has 1 unspecified atom stereocenters. The molecule has 2 fully saturated rings. The first-order valence-corrected chi connectivity index (χ1v) is 17.6.